The molecule has 304 valence electrons. The average Bonchev–Trinajstić information content (AvgIpc) is 3.08. The zero-order valence-corrected chi connectivity index (χ0v) is 30.6. The summed E-state index contributed by atoms with van der Waals surface area (Å²) in [5, 5.41) is 53.6. The molecule has 0 aliphatic heterocycles. The lowest BCUT2D eigenvalue weighted by molar-refractivity contribution is -0.145. The fourth-order valence-electron chi connectivity index (χ4n) is 5.39. The minimum Gasteiger partial charge on any atom is -0.481 e. The Labute approximate surface area is 312 Å². The number of rotatable bonds is 32. The fourth-order valence-corrected chi connectivity index (χ4v) is 5.39. The van der Waals surface area contributed by atoms with Crippen LogP contribution < -0.4 is 16.0 Å². The molecule has 0 aromatic carbocycles. The van der Waals surface area contributed by atoms with Crippen molar-refractivity contribution in [2.24, 2.45) is 17.8 Å². The summed E-state index contributed by atoms with van der Waals surface area (Å²) in [5.41, 5.74) is 0. The maximum absolute atomic E-state index is 12.6. The van der Waals surface area contributed by atoms with Crippen LogP contribution in [0, 0.1) is 17.8 Å². The van der Waals surface area contributed by atoms with E-state index in [-0.39, 0.29) is 37.4 Å². The third-order valence-corrected chi connectivity index (χ3v) is 8.71. The maximum atomic E-state index is 12.6. The van der Waals surface area contributed by atoms with Crippen LogP contribution in [0.25, 0.3) is 0 Å². The number of carboxylic acids is 5. The van der Waals surface area contributed by atoms with Crippen molar-refractivity contribution in [2.75, 3.05) is 6.54 Å². The minimum atomic E-state index is -1.60. The third-order valence-electron chi connectivity index (χ3n) is 8.71. The van der Waals surface area contributed by atoms with Crippen LogP contribution in [-0.2, 0) is 52.7 Å². The first kappa shape index (κ1) is 48.8. The molecule has 0 unspecified atom stereocenters. The molecule has 54 heavy (non-hydrogen) atoms. The number of carboxylic acid groups (broad SMARTS) is 5. The Morgan fingerprint density at radius 2 is 0.926 bits per heavy atom. The second-order valence-corrected chi connectivity index (χ2v) is 13.1. The van der Waals surface area contributed by atoms with Gasteiger partial charge in [0.15, 0.2) is 0 Å². The molecule has 0 aromatic rings. The molecule has 0 bridgehead atoms. The summed E-state index contributed by atoms with van der Waals surface area (Å²) in [4.78, 5) is 130. The Bertz CT molecular complexity index is 1360. The number of amides is 3. The van der Waals surface area contributed by atoms with E-state index in [0.29, 0.717) is 19.4 Å². The summed E-state index contributed by atoms with van der Waals surface area (Å²) in [5.74, 6) is -13.2. The first-order valence-corrected chi connectivity index (χ1v) is 17.8. The van der Waals surface area contributed by atoms with E-state index in [9.17, 15) is 73.2 Å². The number of unbranched alkanes of at least 4 members (excludes halogenated alkanes) is 1. The van der Waals surface area contributed by atoms with Gasteiger partial charge in [-0.05, 0) is 51.9 Å². The number of carbonyl (C=O) groups excluding carboxylic acids is 6. The van der Waals surface area contributed by atoms with Gasteiger partial charge in [0, 0.05) is 57.4 Å². The number of aliphatic carboxylic acids is 5. The molecule has 0 saturated carbocycles. The van der Waals surface area contributed by atoms with Gasteiger partial charge in [-0.15, -0.1) is 0 Å². The summed E-state index contributed by atoms with van der Waals surface area (Å²) in [7, 11) is 0. The molecule has 0 saturated heterocycles. The van der Waals surface area contributed by atoms with Crippen LogP contribution in [0.15, 0.2) is 0 Å². The van der Waals surface area contributed by atoms with Gasteiger partial charge in [0.2, 0.25) is 17.7 Å². The summed E-state index contributed by atoms with van der Waals surface area (Å²) in [6.07, 6.45) is -2.32. The molecule has 5 atom stereocenters. The first-order valence-electron chi connectivity index (χ1n) is 17.8. The van der Waals surface area contributed by atoms with Crippen LogP contribution in [-0.4, -0.2) is 109 Å². The number of carbonyl (C=O) groups is 11. The topological polar surface area (TPSA) is 325 Å². The highest BCUT2D eigenvalue weighted by atomic mass is 16.4. The lowest BCUT2D eigenvalue weighted by Gasteiger charge is -2.17. The van der Waals surface area contributed by atoms with E-state index >= 15 is 0 Å². The van der Waals surface area contributed by atoms with E-state index in [1.807, 2.05) is 6.92 Å². The van der Waals surface area contributed by atoms with Crippen molar-refractivity contribution in [3.05, 3.63) is 0 Å². The number of hydrogen-bond donors (Lipinski definition) is 8. The van der Waals surface area contributed by atoms with E-state index in [1.165, 1.54) is 6.92 Å². The van der Waals surface area contributed by atoms with E-state index < -0.39 is 134 Å². The minimum absolute atomic E-state index is 0.0292. The highest BCUT2D eigenvalue weighted by Gasteiger charge is 2.28. The largest absolute Gasteiger partial charge is 0.481 e. The van der Waals surface area contributed by atoms with Gasteiger partial charge in [0.1, 0.15) is 29.4 Å². The summed E-state index contributed by atoms with van der Waals surface area (Å²) in [6.45, 7) is 3.79. The number of hydrogen-bond acceptors (Lipinski definition) is 11. The number of Topliss-reactive ketones (excluding diaryl/α,β-unsaturated/α-hetero) is 3. The quantitative estimate of drug-likeness (QED) is 0.0447. The van der Waals surface area contributed by atoms with Crippen LogP contribution in [0.4, 0.5) is 0 Å². The highest BCUT2D eigenvalue weighted by molar-refractivity contribution is 5.89. The Morgan fingerprint density at radius 1 is 0.481 bits per heavy atom. The highest BCUT2D eigenvalue weighted by Crippen LogP contribution is 2.17. The molecule has 0 aromatic heterocycles. The zero-order valence-electron chi connectivity index (χ0n) is 30.6. The van der Waals surface area contributed by atoms with Gasteiger partial charge in [0.25, 0.3) is 0 Å². The van der Waals surface area contributed by atoms with Gasteiger partial charge in [0.05, 0.1) is 18.3 Å². The monoisotopic (exact) mass is 771 g/mol. The molecule has 0 heterocycles. The molecule has 0 aliphatic carbocycles. The number of ketones is 3. The van der Waals surface area contributed by atoms with Crippen LogP contribution in [0.5, 0.6) is 0 Å². The molecule has 0 fully saturated rings. The van der Waals surface area contributed by atoms with Crippen molar-refractivity contribution < 1.29 is 78.3 Å². The van der Waals surface area contributed by atoms with Gasteiger partial charge in [-0.1, -0.05) is 13.3 Å². The van der Waals surface area contributed by atoms with Gasteiger partial charge in [-0.3, -0.25) is 43.2 Å². The van der Waals surface area contributed by atoms with Crippen molar-refractivity contribution in [2.45, 2.75) is 129 Å². The molecule has 19 heteroatoms. The maximum Gasteiger partial charge on any atom is 0.326 e. The van der Waals surface area contributed by atoms with E-state index in [2.05, 4.69) is 16.0 Å². The summed E-state index contributed by atoms with van der Waals surface area (Å²) >= 11 is 0. The van der Waals surface area contributed by atoms with Crippen molar-refractivity contribution in [1.82, 2.24) is 16.0 Å². The molecule has 3 amide bonds. The Kier molecular flexibility index (Phi) is 24.0. The third kappa shape index (κ3) is 22.7. The standard InChI is InChI=1S/C35H53N3O16/c1-3-21(20(2)39)6-4-5-17-36-28(42)15-12-27(35(53)54)38-30(44)14-7-22(32(47)48)18-24(40)9-11-26(34(51)52)37-29(43)13-8-23(33(49)50)19-25(41)10-16-31(45)46/h21-23,26-27H,3-19H2,1-2H3,(H,36,42)(H,37,43)(H,38,44)(H,45,46)(H,47,48)(H,49,50)(H,51,52)(H,53,54)/t21-,22+,23+,26-,27-/m0/s1. The first-order chi connectivity index (χ1) is 25.3. The summed E-state index contributed by atoms with van der Waals surface area (Å²) < 4.78 is 0. The Hall–Kier alpha value is -5.23. The van der Waals surface area contributed by atoms with Crippen LogP contribution in [0.1, 0.15) is 117 Å². The molecule has 8 N–H and O–H groups in total. The van der Waals surface area contributed by atoms with Crippen molar-refractivity contribution in [3.63, 3.8) is 0 Å². The van der Waals surface area contributed by atoms with E-state index in [4.69, 9.17) is 5.11 Å². The predicted molar refractivity (Wildman–Crippen MR) is 186 cm³/mol. The molecule has 0 rings (SSSR count). The van der Waals surface area contributed by atoms with Gasteiger partial charge in [-0.2, -0.15) is 0 Å². The van der Waals surface area contributed by atoms with Crippen LogP contribution in [0.3, 0.4) is 0 Å². The van der Waals surface area contributed by atoms with E-state index in [0.717, 1.165) is 12.8 Å². The van der Waals surface area contributed by atoms with Gasteiger partial charge < -0.3 is 41.5 Å². The smallest absolute Gasteiger partial charge is 0.326 e. The van der Waals surface area contributed by atoms with Crippen LogP contribution in [0.2, 0.25) is 0 Å². The SMILES string of the molecule is CC[C@@H](CCCCNC(=O)CC[C@H](NC(=O)CC[C@H](CC(=O)CC[C@H](NC(=O)CC[C@H](CC(=O)CCC(=O)O)C(=O)O)C(=O)O)C(=O)O)C(=O)O)C(C)=O. The lowest BCUT2D eigenvalue weighted by Crippen LogP contribution is -2.42. The molecule has 0 spiro atoms. The Morgan fingerprint density at radius 3 is 1.33 bits per heavy atom. The van der Waals surface area contributed by atoms with Gasteiger partial charge in [-0.25, -0.2) is 9.59 Å². The molecular weight excluding hydrogens is 718 g/mol. The molecule has 19 nitrogen and oxygen atoms in total. The lowest BCUT2D eigenvalue weighted by atomic mass is 9.94. The molecule has 0 radical (unpaired) electrons. The van der Waals surface area contributed by atoms with Gasteiger partial charge >= 0.3 is 29.8 Å². The predicted octanol–water partition coefficient (Wildman–Crippen LogP) is 1.33. The summed E-state index contributed by atoms with van der Waals surface area (Å²) in [6, 6.07) is -3.05. The molecule has 0 aliphatic rings. The van der Waals surface area contributed by atoms with Crippen molar-refractivity contribution in [3.8, 4) is 0 Å². The van der Waals surface area contributed by atoms with Crippen LogP contribution >= 0.6 is 0 Å². The van der Waals surface area contributed by atoms with E-state index in [1.54, 1.807) is 0 Å². The second-order valence-electron chi connectivity index (χ2n) is 13.1. The fraction of sp³-hybridized carbons (Fsp3) is 0.686. The zero-order chi connectivity index (χ0) is 41.4. The molecular formula is C35H53N3O16. The average molecular weight is 772 g/mol. The number of nitrogens with one attached hydrogen (secondary N) is 3. The van der Waals surface area contributed by atoms with Crippen molar-refractivity contribution >= 4 is 64.9 Å². The second kappa shape index (κ2) is 26.5. The normalized spacial score (nSPS) is 13.6. The Balaban J connectivity index is 4.85. The van der Waals surface area contributed by atoms with Crippen molar-refractivity contribution in [1.29, 1.82) is 0 Å².